The van der Waals surface area contributed by atoms with Crippen LogP contribution in [0.25, 0.3) is 0 Å². The SMILES string of the molecule is Nc1ccccc1C1CC2CCC1CC2. The molecule has 80 valence electrons. The average Bonchev–Trinajstić information content (AvgIpc) is 2.31. The molecule has 0 radical (unpaired) electrons. The first kappa shape index (κ1) is 9.26. The summed E-state index contributed by atoms with van der Waals surface area (Å²) in [5.74, 6) is 2.66. The summed E-state index contributed by atoms with van der Waals surface area (Å²) in [6.07, 6.45) is 7.19. The van der Waals surface area contributed by atoms with E-state index in [0.29, 0.717) is 0 Å². The van der Waals surface area contributed by atoms with E-state index < -0.39 is 0 Å². The zero-order valence-corrected chi connectivity index (χ0v) is 9.15. The standard InChI is InChI=1S/C14H19N/c15-14-4-2-1-3-12(14)13-9-10-5-7-11(13)8-6-10/h1-4,10-11,13H,5-9,15H2. The van der Waals surface area contributed by atoms with Crippen LogP contribution in [0.5, 0.6) is 0 Å². The smallest absolute Gasteiger partial charge is 0.0349 e. The van der Waals surface area contributed by atoms with E-state index in [4.69, 9.17) is 5.73 Å². The van der Waals surface area contributed by atoms with Gasteiger partial charge >= 0.3 is 0 Å². The van der Waals surface area contributed by atoms with Gasteiger partial charge in [0, 0.05) is 5.69 Å². The summed E-state index contributed by atoms with van der Waals surface area (Å²) in [6, 6.07) is 8.46. The average molecular weight is 201 g/mol. The van der Waals surface area contributed by atoms with E-state index in [1.165, 1.54) is 37.7 Å². The third kappa shape index (κ3) is 1.54. The number of nitrogen functional groups attached to an aromatic ring is 1. The Balaban J connectivity index is 1.91. The van der Waals surface area contributed by atoms with Crippen molar-refractivity contribution in [3.05, 3.63) is 29.8 Å². The van der Waals surface area contributed by atoms with Crippen LogP contribution < -0.4 is 5.73 Å². The Hall–Kier alpha value is -0.980. The van der Waals surface area contributed by atoms with E-state index >= 15 is 0 Å². The molecule has 3 aliphatic carbocycles. The molecule has 1 unspecified atom stereocenters. The van der Waals surface area contributed by atoms with E-state index in [1.54, 1.807) is 0 Å². The molecule has 3 aliphatic rings. The van der Waals surface area contributed by atoms with Crippen molar-refractivity contribution in [2.45, 2.75) is 38.0 Å². The van der Waals surface area contributed by atoms with Gasteiger partial charge in [-0.2, -0.15) is 0 Å². The summed E-state index contributed by atoms with van der Waals surface area (Å²) < 4.78 is 0. The fraction of sp³-hybridized carbons (Fsp3) is 0.571. The lowest BCUT2D eigenvalue weighted by atomic mass is 9.62. The van der Waals surface area contributed by atoms with Gasteiger partial charge in [0.25, 0.3) is 0 Å². The molecule has 2 N–H and O–H groups in total. The number of hydrogen-bond donors (Lipinski definition) is 1. The van der Waals surface area contributed by atoms with Gasteiger partial charge in [-0.05, 0) is 48.6 Å². The highest BCUT2D eigenvalue weighted by molar-refractivity contribution is 5.49. The second-order valence-electron chi connectivity index (χ2n) is 5.25. The molecular weight excluding hydrogens is 182 g/mol. The number of para-hydroxylation sites is 1. The lowest BCUT2D eigenvalue weighted by Crippen LogP contribution is -2.30. The predicted octanol–water partition coefficient (Wildman–Crippen LogP) is 3.56. The van der Waals surface area contributed by atoms with Gasteiger partial charge in [-0.25, -0.2) is 0 Å². The van der Waals surface area contributed by atoms with Crippen LogP contribution in [0.4, 0.5) is 5.69 Å². The molecule has 2 bridgehead atoms. The molecule has 1 nitrogen and oxygen atoms in total. The molecule has 0 aromatic heterocycles. The first-order valence-corrected chi connectivity index (χ1v) is 6.19. The van der Waals surface area contributed by atoms with Gasteiger partial charge in [0.2, 0.25) is 0 Å². The summed E-state index contributed by atoms with van der Waals surface area (Å²) >= 11 is 0. The van der Waals surface area contributed by atoms with Crippen molar-refractivity contribution in [1.29, 1.82) is 0 Å². The molecule has 0 heterocycles. The lowest BCUT2D eigenvalue weighted by molar-refractivity contribution is 0.145. The molecule has 0 amide bonds. The van der Waals surface area contributed by atoms with Crippen molar-refractivity contribution < 1.29 is 0 Å². The Morgan fingerprint density at radius 3 is 2.33 bits per heavy atom. The molecule has 1 heteroatoms. The maximum absolute atomic E-state index is 6.08. The molecule has 15 heavy (non-hydrogen) atoms. The second-order valence-corrected chi connectivity index (χ2v) is 5.25. The molecule has 1 aromatic carbocycles. The van der Waals surface area contributed by atoms with Crippen LogP contribution in [0.2, 0.25) is 0 Å². The van der Waals surface area contributed by atoms with E-state index in [2.05, 4.69) is 18.2 Å². The fourth-order valence-corrected chi connectivity index (χ4v) is 3.61. The van der Waals surface area contributed by atoms with Crippen molar-refractivity contribution in [3.63, 3.8) is 0 Å². The third-order valence-electron chi connectivity index (χ3n) is 4.44. The van der Waals surface area contributed by atoms with Crippen LogP contribution in [0.15, 0.2) is 24.3 Å². The van der Waals surface area contributed by atoms with E-state index in [9.17, 15) is 0 Å². The first-order valence-electron chi connectivity index (χ1n) is 6.19. The Labute approximate surface area is 91.7 Å². The quantitative estimate of drug-likeness (QED) is 0.691. The van der Waals surface area contributed by atoms with Gasteiger partial charge in [-0.3, -0.25) is 0 Å². The van der Waals surface area contributed by atoms with Gasteiger partial charge in [-0.15, -0.1) is 0 Å². The molecule has 3 saturated carbocycles. The Morgan fingerprint density at radius 1 is 1.00 bits per heavy atom. The van der Waals surface area contributed by atoms with Crippen molar-refractivity contribution >= 4 is 5.69 Å². The highest BCUT2D eigenvalue weighted by Gasteiger charge is 2.36. The van der Waals surface area contributed by atoms with Crippen molar-refractivity contribution in [1.82, 2.24) is 0 Å². The van der Waals surface area contributed by atoms with Crippen molar-refractivity contribution in [2.75, 3.05) is 5.73 Å². The van der Waals surface area contributed by atoms with Crippen molar-refractivity contribution in [3.8, 4) is 0 Å². The number of benzene rings is 1. The molecule has 0 spiro atoms. The first-order chi connectivity index (χ1) is 7.34. The topological polar surface area (TPSA) is 26.0 Å². The minimum Gasteiger partial charge on any atom is -0.398 e. The minimum absolute atomic E-state index is 0.763. The largest absolute Gasteiger partial charge is 0.398 e. The molecule has 0 aliphatic heterocycles. The van der Waals surface area contributed by atoms with Crippen LogP contribution in [0, 0.1) is 11.8 Å². The second kappa shape index (κ2) is 3.55. The molecule has 1 aromatic rings. The van der Waals surface area contributed by atoms with Crippen LogP contribution in [0.1, 0.15) is 43.6 Å². The molecule has 1 atom stereocenters. The van der Waals surface area contributed by atoms with Gasteiger partial charge in [-0.1, -0.05) is 31.0 Å². The molecule has 0 saturated heterocycles. The zero-order chi connectivity index (χ0) is 10.3. The number of anilines is 1. The maximum atomic E-state index is 6.08. The minimum atomic E-state index is 0.763. The van der Waals surface area contributed by atoms with E-state index in [1.807, 2.05) is 6.07 Å². The lowest BCUT2D eigenvalue weighted by Gasteiger charge is -2.43. The summed E-state index contributed by atoms with van der Waals surface area (Å²) in [5, 5.41) is 0. The van der Waals surface area contributed by atoms with E-state index in [-0.39, 0.29) is 0 Å². The summed E-state index contributed by atoms with van der Waals surface area (Å²) in [6.45, 7) is 0. The number of rotatable bonds is 1. The van der Waals surface area contributed by atoms with Crippen LogP contribution in [0.3, 0.4) is 0 Å². The Bertz CT molecular complexity index is 350. The van der Waals surface area contributed by atoms with Gasteiger partial charge in [0.05, 0.1) is 0 Å². The molecule has 3 fully saturated rings. The van der Waals surface area contributed by atoms with Crippen LogP contribution in [-0.2, 0) is 0 Å². The number of fused-ring (bicyclic) bond motifs is 3. The fourth-order valence-electron chi connectivity index (χ4n) is 3.61. The number of hydrogen-bond acceptors (Lipinski definition) is 1. The highest BCUT2D eigenvalue weighted by atomic mass is 14.6. The van der Waals surface area contributed by atoms with Gasteiger partial charge < -0.3 is 5.73 Å². The van der Waals surface area contributed by atoms with Crippen LogP contribution >= 0.6 is 0 Å². The monoisotopic (exact) mass is 201 g/mol. The Morgan fingerprint density at radius 2 is 1.73 bits per heavy atom. The summed E-state index contributed by atoms with van der Waals surface area (Å²) in [7, 11) is 0. The van der Waals surface area contributed by atoms with Gasteiger partial charge in [0.1, 0.15) is 0 Å². The van der Waals surface area contributed by atoms with E-state index in [0.717, 1.165) is 23.4 Å². The predicted molar refractivity (Wildman–Crippen MR) is 63.7 cm³/mol. The third-order valence-corrected chi connectivity index (χ3v) is 4.44. The normalized spacial score (nSPS) is 34.3. The molecular formula is C14H19N. The Kier molecular flexibility index (Phi) is 2.19. The molecule has 4 rings (SSSR count). The van der Waals surface area contributed by atoms with Crippen molar-refractivity contribution in [2.24, 2.45) is 11.8 Å². The highest BCUT2D eigenvalue weighted by Crippen LogP contribution is 2.50. The zero-order valence-electron chi connectivity index (χ0n) is 9.15. The number of nitrogens with two attached hydrogens (primary N) is 1. The van der Waals surface area contributed by atoms with Crippen LogP contribution in [-0.4, -0.2) is 0 Å². The maximum Gasteiger partial charge on any atom is 0.0349 e. The summed E-state index contributed by atoms with van der Waals surface area (Å²) in [5.41, 5.74) is 8.52. The summed E-state index contributed by atoms with van der Waals surface area (Å²) in [4.78, 5) is 0. The van der Waals surface area contributed by atoms with Gasteiger partial charge in [0.15, 0.2) is 0 Å².